The van der Waals surface area contributed by atoms with Crippen molar-refractivity contribution in [2.24, 2.45) is 0 Å². The zero-order chi connectivity index (χ0) is 13.7. The second-order valence-electron chi connectivity index (χ2n) is 4.33. The Morgan fingerprint density at radius 1 is 1.00 bits per heavy atom. The molecule has 0 aliphatic rings. The smallest absolute Gasteiger partial charge is 0.133 e. The van der Waals surface area contributed by atoms with Crippen LogP contribution in [0.25, 0.3) is 0 Å². The molecule has 0 unspecified atom stereocenters. The summed E-state index contributed by atoms with van der Waals surface area (Å²) in [5.41, 5.74) is 1.49. The van der Waals surface area contributed by atoms with Gasteiger partial charge in [-0.15, -0.1) is 0 Å². The van der Waals surface area contributed by atoms with Crippen LogP contribution >= 0.6 is 0 Å². The lowest BCUT2D eigenvalue weighted by Crippen LogP contribution is -1.99. The molecule has 1 atom stereocenters. The van der Waals surface area contributed by atoms with Crippen molar-refractivity contribution < 1.29 is 14.9 Å². The van der Waals surface area contributed by atoms with Crippen LogP contribution < -0.4 is 4.74 Å². The van der Waals surface area contributed by atoms with Gasteiger partial charge < -0.3 is 14.9 Å². The molecule has 0 radical (unpaired) electrons. The van der Waals surface area contributed by atoms with Crippen molar-refractivity contribution in [3.63, 3.8) is 0 Å². The molecule has 0 saturated heterocycles. The van der Waals surface area contributed by atoms with E-state index in [-0.39, 0.29) is 6.61 Å². The number of para-hydroxylation sites is 2. The molecule has 19 heavy (non-hydrogen) atoms. The summed E-state index contributed by atoms with van der Waals surface area (Å²) in [7, 11) is 0. The van der Waals surface area contributed by atoms with Gasteiger partial charge >= 0.3 is 0 Å². The fraction of sp³-hybridized carbons (Fsp3) is 0.250. The molecular weight excluding hydrogens is 240 g/mol. The zero-order valence-corrected chi connectivity index (χ0v) is 10.9. The fourth-order valence-electron chi connectivity index (χ4n) is 1.92. The quantitative estimate of drug-likeness (QED) is 0.864. The van der Waals surface area contributed by atoms with Crippen molar-refractivity contribution in [1.29, 1.82) is 0 Å². The first kappa shape index (κ1) is 13.6. The molecule has 2 aromatic carbocycles. The summed E-state index contributed by atoms with van der Waals surface area (Å²) in [6.07, 6.45) is 0.0830. The van der Waals surface area contributed by atoms with E-state index in [2.05, 4.69) is 0 Å². The van der Waals surface area contributed by atoms with E-state index in [1.54, 1.807) is 6.07 Å². The van der Waals surface area contributed by atoms with Crippen LogP contribution in [-0.2, 0) is 6.61 Å². The molecule has 0 aromatic heterocycles. The number of ether oxygens (including phenoxy) is 1. The highest BCUT2D eigenvalue weighted by atomic mass is 16.5. The van der Waals surface area contributed by atoms with E-state index in [1.165, 1.54) is 0 Å². The number of aliphatic hydroxyl groups excluding tert-OH is 2. The Morgan fingerprint density at radius 2 is 1.63 bits per heavy atom. The second-order valence-corrected chi connectivity index (χ2v) is 4.33. The summed E-state index contributed by atoms with van der Waals surface area (Å²) in [5, 5.41) is 19.3. The molecule has 0 aliphatic carbocycles. The van der Waals surface area contributed by atoms with Crippen LogP contribution in [0.3, 0.4) is 0 Å². The monoisotopic (exact) mass is 258 g/mol. The van der Waals surface area contributed by atoms with Crippen LogP contribution in [0.1, 0.15) is 30.6 Å². The topological polar surface area (TPSA) is 49.7 Å². The van der Waals surface area contributed by atoms with Gasteiger partial charge in [-0.3, -0.25) is 0 Å². The average Bonchev–Trinajstić information content (AvgIpc) is 2.47. The maximum Gasteiger partial charge on any atom is 0.133 e. The lowest BCUT2D eigenvalue weighted by atomic mass is 10.1. The van der Waals surface area contributed by atoms with Crippen molar-refractivity contribution in [2.45, 2.75) is 26.1 Å². The SMILES string of the molecule is CC[C@@H](O)c1ccccc1Oc1ccccc1CO. The summed E-state index contributed by atoms with van der Waals surface area (Å²) in [5.74, 6) is 1.23. The third-order valence-electron chi connectivity index (χ3n) is 3.03. The highest BCUT2D eigenvalue weighted by Gasteiger charge is 2.12. The van der Waals surface area contributed by atoms with Gasteiger partial charge in [0, 0.05) is 11.1 Å². The predicted octanol–water partition coefficient (Wildman–Crippen LogP) is 3.41. The zero-order valence-electron chi connectivity index (χ0n) is 10.9. The molecule has 2 N–H and O–H groups in total. The van der Waals surface area contributed by atoms with Gasteiger partial charge in [0.05, 0.1) is 12.7 Å². The molecule has 2 aromatic rings. The van der Waals surface area contributed by atoms with Crippen molar-refractivity contribution in [3.05, 3.63) is 59.7 Å². The molecule has 0 aliphatic heterocycles. The molecular formula is C16H18O3. The van der Waals surface area contributed by atoms with Crippen molar-refractivity contribution in [3.8, 4) is 11.5 Å². The maximum atomic E-state index is 9.99. The minimum Gasteiger partial charge on any atom is -0.457 e. The molecule has 0 saturated carbocycles. The molecule has 0 fully saturated rings. The Labute approximate surface area is 113 Å². The lowest BCUT2D eigenvalue weighted by Gasteiger charge is -2.16. The maximum absolute atomic E-state index is 9.99. The van der Waals surface area contributed by atoms with Crippen LogP contribution in [0.5, 0.6) is 11.5 Å². The third kappa shape index (κ3) is 3.13. The van der Waals surface area contributed by atoms with Crippen molar-refractivity contribution in [2.75, 3.05) is 0 Å². The van der Waals surface area contributed by atoms with Gasteiger partial charge in [0.25, 0.3) is 0 Å². The van der Waals surface area contributed by atoms with Gasteiger partial charge in [-0.05, 0) is 18.6 Å². The first-order valence-electron chi connectivity index (χ1n) is 6.39. The minimum absolute atomic E-state index is 0.0747. The molecule has 0 bridgehead atoms. The number of hydrogen-bond donors (Lipinski definition) is 2. The summed E-state index contributed by atoms with van der Waals surface area (Å²) in [6.45, 7) is 1.85. The van der Waals surface area contributed by atoms with Crippen LogP contribution in [0.4, 0.5) is 0 Å². The van der Waals surface area contributed by atoms with Gasteiger partial charge in [0.1, 0.15) is 11.5 Å². The Hall–Kier alpha value is -1.84. The van der Waals surface area contributed by atoms with Gasteiger partial charge in [-0.1, -0.05) is 43.3 Å². The third-order valence-corrected chi connectivity index (χ3v) is 3.03. The Kier molecular flexibility index (Phi) is 4.55. The number of benzene rings is 2. The number of aliphatic hydroxyl groups is 2. The van der Waals surface area contributed by atoms with Crippen LogP contribution in [-0.4, -0.2) is 10.2 Å². The highest BCUT2D eigenvalue weighted by molar-refractivity contribution is 5.41. The fourth-order valence-corrected chi connectivity index (χ4v) is 1.92. The molecule has 100 valence electrons. The van der Waals surface area contributed by atoms with E-state index in [0.717, 1.165) is 11.1 Å². The standard InChI is InChI=1S/C16H18O3/c1-2-14(18)13-8-4-6-10-16(13)19-15-9-5-3-7-12(15)11-17/h3-10,14,17-18H,2,11H2,1H3/t14-/m1/s1. The minimum atomic E-state index is -0.544. The molecule has 3 nitrogen and oxygen atoms in total. The Balaban J connectivity index is 2.33. The molecule has 0 spiro atoms. The summed E-state index contributed by atoms with van der Waals surface area (Å²) in [4.78, 5) is 0. The predicted molar refractivity (Wildman–Crippen MR) is 74.1 cm³/mol. The van der Waals surface area contributed by atoms with Gasteiger partial charge in [-0.2, -0.15) is 0 Å². The first-order valence-corrected chi connectivity index (χ1v) is 6.39. The molecule has 0 heterocycles. The Morgan fingerprint density at radius 3 is 2.32 bits per heavy atom. The Bertz CT molecular complexity index is 537. The number of rotatable bonds is 5. The highest BCUT2D eigenvalue weighted by Crippen LogP contribution is 2.32. The summed E-state index contributed by atoms with van der Waals surface area (Å²) < 4.78 is 5.83. The second kappa shape index (κ2) is 6.36. The van der Waals surface area contributed by atoms with E-state index in [0.29, 0.717) is 17.9 Å². The van der Waals surface area contributed by atoms with E-state index in [9.17, 15) is 10.2 Å². The average molecular weight is 258 g/mol. The van der Waals surface area contributed by atoms with E-state index >= 15 is 0 Å². The van der Waals surface area contributed by atoms with Crippen LogP contribution in [0.15, 0.2) is 48.5 Å². The van der Waals surface area contributed by atoms with Gasteiger partial charge in [0.15, 0.2) is 0 Å². The molecule has 2 rings (SSSR count). The van der Waals surface area contributed by atoms with Crippen molar-refractivity contribution >= 4 is 0 Å². The largest absolute Gasteiger partial charge is 0.457 e. The van der Waals surface area contributed by atoms with Gasteiger partial charge in [0.2, 0.25) is 0 Å². The molecule has 0 amide bonds. The first-order chi connectivity index (χ1) is 9.26. The van der Waals surface area contributed by atoms with Gasteiger partial charge in [-0.25, -0.2) is 0 Å². The van der Waals surface area contributed by atoms with Crippen LogP contribution in [0.2, 0.25) is 0 Å². The van der Waals surface area contributed by atoms with Crippen molar-refractivity contribution in [1.82, 2.24) is 0 Å². The summed E-state index contributed by atoms with van der Waals surface area (Å²) in [6, 6.07) is 14.7. The molecule has 3 heteroatoms. The summed E-state index contributed by atoms with van der Waals surface area (Å²) >= 11 is 0. The number of hydrogen-bond acceptors (Lipinski definition) is 3. The van der Waals surface area contributed by atoms with Crippen LogP contribution in [0, 0.1) is 0 Å². The van der Waals surface area contributed by atoms with E-state index in [1.807, 2.05) is 49.4 Å². The van der Waals surface area contributed by atoms with E-state index in [4.69, 9.17) is 4.74 Å². The normalized spacial score (nSPS) is 12.2. The lowest BCUT2D eigenvalue weighted by molar-refractivity contribution is 0.170. The van der Waals surface area contributed by atoms with E-state index < -0.39 is 6.10 Å².